The van der Waals surface area contributed by atoms with E-state index in [4.69, 9.17) is 5.41 Å². The summed E-state index contributed by atoms with van der Waals surface area (Å²) in [5.41, 5.74) is 5.23. The van der Waals surface area contributed by atoms with Crippen molar-refractivity contribution in [3.63, 3.8) is 0 Å². The van der Waals surface area contributed by atoms with Crippen LogP contribution in [-0.4, -0.2) is 5.71 Å². The van der Waals surface area contributed by atoms with E-state index in [0.717, 1.165) is 12.0 Å². The van der Waals surface area contributed by atoms with Crippen LogP contribution >= 0.6 is 0 Å². The van der Waals surface area contributed by atoms with E-state index >= 15 is 0 Å². The second kappa shape index (κ2) is 7.56. The van der Waals surface area contributed by atoms with Gasteiger partial charge in [-0.3, -0.25) is 0 Å². The molecular weight excluding hydrogens is 266 g/mol. The van der Waals surface area contributed by atoms with Crippen molar-refractivity contribution in [2.75, 3.05) is 0 Å². The quantitative estimate of drug-likeness (QED) is 0.644. The van der Waals surface area contributed by atoms with Crippen molar-refractivity contribution >= 4 is 11.8 Å². The first kappa shape index (κ1) is 16.0. The molecule has 0 spiro atoms. The van der Waals surface area contributed by atoms with E-state index < -0.39 is 0 Å². The van der Waals surface area contributed by atoms with Crippen LogP contribution in [0.25, 0.3) is 6.08 Å². The lowest BCUT2D eigenvalue weighted by Gasteiger charge is -2.20. The van der Waals surface area contributed by atoms with Crippen LogP contribution in [0, 0.1) is 5.41 Å². The minimum Gasteiger partial charge on any atom is -0.305 e. The highest BCUT2D eigenvalue weighted by molar-refractivity contribution is 5.95. The van der Waals surface area contributed by atoms with Crippen molar-refractivity contribution in [2.45, 2.75) is 26.2 Å². The zero-order valence-electron chi connectivity index (χ0n) is 13.3. The number of nitrogens with one attached hydrogen (secondary N) is 1. The molecule has 0 aliphatic rings. The van der Waals surface area contributed by atoms with Crippen molar-refractivity contribution in [3.8, 4) is 0 Å². The summed E-state index contributed by atoms with van der Waals surface area (Å²) in [5.74, 6) is 0.259. The number of hydrogen-bond donors (Lipinski definition) is 1. The average Bonchev–Trinajstić information content (AvgIpc) is 2.54. The summed E-state index contributed by atoms with van der Waals surface area (Å²) in [6.45, 7) is 8.03. The molecule has 112 valence electrons. The second-order valence-corrected chi connectivity index (χ2v) is 5.69. The fraction of sp³-hybridized carbons (Fsp3) is 0.190. The first-order valence-corrected chi connectivity index (χ1v) is 7.59. The van der Waals surface area contributed by atoms with Gasteiger partial charge in [0.1, 0.15) is 0 Å². The third-order valence-corrected chi connectivity index (χ3v) is 3.93. The van der Waals surface area contributed by atoms with E-state index in [-0.39, 0.29) is 5.92 Å². The van der Waals surface area contributed by atoms with E-state index in [1.807, 2.05) is 12.1 Å². The minimum atomic E-state index is 0.259. The van der Waals surface area contributed by atoms with Gasteiger partial charge in [0, 0.05) is 11.6 Å². The Morgan fingerprint density at radius 2 is 1.55 bits per heavy atom. The van der Waals surface area contributed by atoms with Crippen LogP contribution < -0.4 is 0 Å². The Morgan fingerprint density at radius 1 is 1.00 bits per heavy atom. The first-order valence-electron chi connectivity index (χ1n) is 7.59. The molecule has 1 N–H and O–H groups in total. The van der Waals surface area contributed by atoms with Gasteiger partial charge in [-0.1, -0.05) is 78.9 Å². The molecule has 0 saturated carbocycles. The third-order valence-electron chi connectivity index (χ3n) is 3.93. The minimum absolute atomic E-state index is 0.259. The number of allylic oxidation sites excluding steroid dienone is 2. The highest BCUT2D eigenvalue weighted by atomic mass is 14.4. The molecule has 2 aromatic carbocycles. The Hall–Kier alpha value is -2.41. The van der Waals surface area contributed by atoms with Gasteiger partial charge in [0.2, 0.25) is 0 Å². The summed E-state index contributed by atoms with van der Waals surface area (Å²) < 4.78 is 0. The Labute approximate surface area is 133 Å². The molecule has 1 nitrogen and oxygen atoms in total. The zero-order valence-corrected chi connectivity index (χ0v) is 13.3. The van der Waals surface area contributed by atoms with Crippen LogP contribution in [0.2, 0.25) is 0 Å². The van der Waals surface area contributed by atoms with Gasteiger partial charge in [0.15, 0.2) is 0 Å². The van der Waals surface area contributed by atoms with Crippen molar-refractivity contribution in [3.05, 3.63) is 89.5 Å². The smallest absolute Gasteiger partial charge is 0.0309 e. The van der Waals surface area contributed by atoms with Gasteiger partial charge in [0.05, 0.1) is 0 Å². The van der Waals surface area contributed by atoms with Gasteiger partial charge >= 0.3 is 0 Å². The predicted molar refractivity (Wildman–Crippen MR) is 96.4 cm³/mol. The number of hydrogen-bond acceptors (Lipinski definition) is 1. The monoisotopic (exact) mass is 289 g/mol. The van der Waals surface area contributed by atoms with Gasteiger partial charge in [-0.2, -0.15) is 0 Å². The van der Waals surface area contributed by atoms with E-state index in [1.54, 1.807) is 6.92 Å². The summed E-state index contributed by atoms with van der Waals surface area (Å²) in [4.78, 5) is 0. The summed E-state index contributed by atoms with van der Waals surface area (Å²) in [6, 6.07) is 20.8. The maximum atomic E-state index is 7.80. The van der Waals surface area contributed by atoms with Crippen molar-refractivity contribution in [1.82, 2.24) is 0 Å². The molecule has 0 radical (unpaired) electrons. The van der Waals surface area contributed by atoms with Crippen LogP contribution in [0.5, 0.6) is 0 Å². The van der Waals surface area contributed by atoms with Crippen LogP contribution in [-0.2, 0) is 0 Å². The van der Waals surface area contributed by atoms with Gasteiger partial charge in [0.25, 0.3) is 0 Å². The zero-order chi connectivity index (χ0) is 15.9. The van der Waals surface area contributed by atoms with Crippen molar-refractivity contribution < 1.29 is 0 Å². The summed E-state index contributed by atoms with van der Waals surface area (Å²) in [6.07, 6.45) is 3.01. The predicted octanol–water partition coefficient (Wildman–Crippen LogP) is 5.86. The van der Waals surface area contributed by atoms with Gasteiger partial charge in [-0.15, -0.1) is 0 Å². The molecule has 1 unspecified atom stereocenters. The van der Waals surface area contributed by atoms with E-state index in [2.05, 4.69) is 68.1 Å². The third kappa shape index (κ3) is 4.29. The maximum absolute atomic E-state index is 7.80. The highest BCUT2D eigenvalue weighted by Gasteiger charge is 2.15. The normalized spacial score (nSPS) is 12.7. The molecule has 2 rings (SSSR count). The van der Waals surface area contributed by atoms with Gasteiger partial charge in [-0.25, -0.2) is 0 Å². The maximum Gasteiger partial charge on any atom is 0.0309 e. The molecule has 0 aromatic heterocycles. The largest absolute Gasteiger partial charge is 0.305 e. The molecule has 2 aromatic rings. The molecule has 0 heterocycles. The van der Waals surface area contributed by atoms with E-state index in [9.17, 15) is 0 Å². The van der Waals surface area contributed by atoms with E-state index in [1.165, 1.54) is 16.7 Å². The summed E-state index contributed by atoms with van der Waals surface area (Å²) in [7, 11) is 0. The summed E-state index contributed by atoms with van der Waals surface area (Å²) in [5, 5.41) is 7.80. The van der Waals surface area contributed by atoms with Crippen LogP contribution in [0.3, 0.4) is 0 Å². The fourth-order valence-electron chi connectivity index (χ4n) is 2.54. The lowest BCUT2D eigenvalue weighted by atomic mass is 9.85. The Kier molecular flexibility index (Phi) is 5.48. The lowest BCUT2D eigenvalue weighted by Crippen LogP contribution is -2.05. The van der Waals surface area contributed by atoms with Crippen molar-refractivity contribution in [2.24, 2.45) is 0 Å². The molecule has 1 heteroatoms. The Morgan fingerprint density at radius 3 is 2.09 bits per heavy atom. The number of benzene rings is 2. The van der Waals surface area contributed by atoms with Crippen molar-refractivity contribution in [1.29, 1.82) is 5.41 Å². The SMILES string of the molecule is C=C(CC(/C(C)=C/c1ccccc1)c1ccccc1)C(C)=N. The Bertz CT molecular complexity index is 666. The topological polar surface area (TPSA) is 23.9 Å². The van der Waals surface area contributed by atoms with Crippen LogP contribution in [0.4, 0.5) is 0 Å². The number of rotatable bonds is 6. The molecule has 0 saturated heterocycles. The average molecular weight is 289 g/mol. The molecule has 0 aliphatic heterocycles. The van der Waals surface area contributed by atoms with Gasteiger partial charge in [-0.05, 0) is 37.0 Å². The molecule has 0 bridgehead atoms. The molecule has 22 heavy (non-hydrogen) atoms. The second-order valence-electron chi connectivity index (χ2n) is 5.69. The fourth-order valence-corrected chi connectivity index (χ4v) is 2.54. The molecule has 0 aliphatic carbocycles. The Balaban J connectivity index is 2.33. The van der Waals surface area contributed by atoms with E-state index in [0.29, 0.717) is 5.71 Å². The lowest BCUT2D eigenvalue weighted by molar-refractivity contribution is 0.800. The van der Waals surface area contributed by atoms with Crippen LogP contribution in [0.1, 0.15) is 37.3 Å². The molecular formula is C21H23N. The standard InChI is InChI=1S/C21H23N/c1-16(18(3)22)15-21(20-12-8-5-9-13-20)17(2)14-19-10-6-4-7-11-19/h4-14,21-22H,1,15H2,2-3H3/b17-14+,22-18?. The van der Waals surface area contributed by atoms with Crippen LogP contribution in [0.15, 0.2) is 78.4 Å². The summed E-state index contributed by atoms with van der Waals surface area (Å²) >= 11 is 0. The molecule has 1 atom stereocenters. The van der Waals surface area contributed by atoms with Gasteiger partial charge < -0.3 is 5.41 Å². The molecule has 0 fully saturated rings. The molecule has 0 amide bonds. The highest BCUT2D eigenvalue weighted by Crippen LogP contribution is 2.31. The first-order chi connectivity index (χ1) is 10.6.